The van der Waals surface area contributed by atoms with Crippen molar-refractivity contribution in [3.63, 3.8) is 0 Å². The second kappa shape index (κ2) is 7.28. The van der Waals surface area contributed by atoms with Crippen LogP contribution in [-0.2, 0) is 4.74 Å². The summed E-state index contributed by atoms with van der Waals surface area (Å²) >= 11 is 5.87. The number of aryl methyl sites for hydroxylation is 1. The van der Waals surface area contributed by atoms with Crippen LogP contribution in [0.3, 0.4) is 0 Å². The zero-order valence-electron chi connectivity index (χ0n) is 10.9. The number of hydrogen-bond donors (Lipinski definition) is 2. The number of hydrogen-bond acceptors (Lipinski definition) is 5. The predicted octanol–water partition coefficient (Wildman–Crippen LogP) is 2.37. The fourth-order valence-corrected chi connectivity index (χ4v) is 1.97. The molecule has 1 unspecified atom stereocenters. The van der Waals surface area contributed by atoms with E-state index in [1.54, 1.807) is 14.0 Å². The van der Waals surface area contributed by atoms with Crippen LogP contribution in [-0.4, -0.2) is 36.4 Å². The lowest BCUT2D eigenvalue weighted by atomic mass is 10.1. The highest BCUT2D eigenvalue weighted by Crippen LogP contribution is 2.31. The average Bonchev–Trinajstić information content (AvgIpc) is 2.33. The number of aliphatic hydroxyl groups is 1. The lowest BCUT2D eigenvalue weighted by molar-refractivity contribution is -0.384. The van der Waals surface area contributed by atoms with Crippen molar-refractivity contribution in [1.29, 1.82) is 0 Å². The third kappa shape index (κ3) is 4.34. The van der Waals surface area contributed by atoms with Gasteiger partial charge < -0.3 is 15.2 Å². The molecule has 0 aliphatic rings. The normalized spacial score (nSPS) is 12.2. The van der Waals surface area contributed by atoms with Gasteiger partial charge in [0, 0.05) is 25.5 Å². The van der Waals surface area contributed by atoms with Gasteiger partial charge in [-0.05, 0) is 25.0 Å². The van der Waals surface area contributed by atoms with Crippen molar-refractivity contribution < 1.29 is 14.8 Å². The van der Waals surface area contributed by atoms with E-state index in [2.05, 4.69) is 5.32 Å². The van der Waals surface area contributed by atoms with Gasteiger partial charge in [0.1, 0.15) is 5.02 Å². The molecule has 1 aromatic rings. The Morgan fingerprint density at radius 1 is 1.58 bits per heavy atom. The van der Waals surface area contributed by atoms with E-state index in [-0.39, 0.29) is 23.4 Å². The van der Waals surface area contributed by atoms with Crippen LogP contribution >= 0.6 is 11.6 Å². The lowest BCUT2D eigenvalue weighted by Gasteiger charge is -2.19. The molecule has 0 aliphatic carbocycles. The minimum atomic E-state index is -0.514. The third-order valence-electron chi connectivity index (χ3n) is 2.70. The molecule has 0 heterocycles. The molecule has 1 aromatic carbocycles. The van der Waals surface area contributed by atoms with Gasteiger partial charge in [-0.3, -0.25) is 10.1 Å². The van der Waals surface area contributed by atoms with E-state index in [1.165, 1.54) is 12.1 Å². The van der Waals surface area contributed by atoms with Crippen molar-refractivity contribution in [2.45, 2.75) is 19.4 Å². The summed E-state index contributed by atoms with van der Waals surface area (Å²) in [4.78, 5) is 10.2. The monoisotopic (exact) mass is 288 g/mol. The molecule has 1 rings (SSSR count). The first-order valence-electron chi connectivity index (χ1n) is 5.80. The molecule has 0 bridgehead atoms. The smallest absolute Gasteiger partial charge is 0.288 e. The number of ether oxygens (including phenoxy) is 1. The average molecular weight is 289 g/mol. The van der Waals surface area contributed by atoms with E-state index in [4.69, 9.17) is 21.4 Å². The van der Waals surface area contributed by atoms with Gasteiger partial charge >= 0.3 is 0 Å². The Kier molecular flexibility index (Phi) is 6.01. The van der Waals surface area contributed by atoms with Crippen LogP contribution in [0, 0.1) is 17.0 Å². The maximum absolute atomic E-state index is 10.8. The van der Waals surface area contributed by atoms with Crippen molar-refractivity contribution >= 4 is 23.0 Å². The number of halogens is 1. The summed E-state index contributed by atoms with van der Waals surface area (Å²) < 4.78 is 5.05. The molecule has 0 spiro atoms. The molecule has 1 atom stereocenters. The van der Waals surface area contributed by atoms with E-state index in [9.17, 15) is 10.1 Å². The molecule has 0 fully saturated rings. The first-order valence-corrected chi connectivity index (χ1v) is 6.18. The van der Waals surface area contributed by atoms with Gasteiger partial charge in [0.05, 0.1) is 17.6 Å². The van der Waals surface area contributed by atoms with Gasteiger partial charge in [-0.25, -0.2) is 0 Å². The number of nitrogens with zero attached hydrogens (tertiary/aromatic N) is 1. The summed E-state index contributed by atoms with van der Waals surface area (Å²) in [7, 11) is 1.57. The summed E-state index contributed by atoms with van der Waals surface area (Å²) in [5, 5.41) is 23.0. The number of aliphatic hydroxyl groups excluding tert-OH is 1. The van der Waals surface area contributed by atoms with E-state index < -0.39 is 4.92 Å². The first kappa shape index (κ1) is 15.7. The molecular weight excluding hydrogens is 272 g/mol. The molecule has 106 valence electrons. The summed E-state index contributed by atoms with van der Waals surface area (Å²) in [5.74, 6) is 0. The van der Waals surface area contributed by atoms with Gasteiger partial charge in [0.15, 0.2) is 0 Å². The molecule has 0 aromatic heterocycles. The number of nitrogens with one attached hydrogen (secondary N) is 1. The molecule has 19 heavy (non-hydrogen) atoms. The Bertz CT molecular complexity index is 448. The topological polar surface area (TPSA) is 84.6 Å². The molecule has 6 nitrogen and oxygen atoms in total. The van der Waals surface area contributed by atoms with Gasteiger partial charge in [-0.1, -0.05) is 11.6 Å². The number of nitro groups is 1. The second-order valence-corrected chi connectivity index (χ2v) is 4.59. The predicted molar refractivity (Wildman–Crippen MR) is 73.8 cm³/mol. The van der Waals surface area contributed by atoms with Crippen molar-refractivity contribution in [1.82, 2.24) is 0 Å². The maximum Gasteiger partial charge on any atom is 0.288 e. The fraction of sp³-hybridized carbons (Fsp3) is 0.500. The quantitative estimate of drug-likeness (QED) is 0.594. The largest absolute Gasteiger partial charge is 0.396 e. The highest BCUT2D eigenvalue weighted by molar-refractivity contribution is 6.33. The molecule has 0 aliphatic heterocycles. The van der Waals surface area contributed by atoms with Gasteiger partial charge in [-0.15, -0.1) is 0 Å². The second-order valence-electron chi connectivity index (χ2n) is 4.18. The number of benzene rings is 1. The Morgan fingerprint density at radius 3 is 2.79 bits per heavy atom. The van der Waals surface area contributed by atoms with E-state index in [1.807, 2.05) is 0 Å². The molecule has 0 radical (unpaired) electrons. The van der Waals surface area contributed by atoms with Crippen LogP contribution < -0.4 is 5.32 Å². The van der Waals surface area contributed by atoms with Crippen LogP contribution in [0.1, 0.15) is 12.0 Å². The third-order valence-corrected chi connectivity index (χ3v) is 3.00. The zero-order valence-corrected chi connectivity index (χ0v) is 11.6. The molecule has 0 saturated heterocycles. The van der Waals surface area contributed by atoms with Crippen molar-refractivity contribution in [3.05, 3.63) is 32.8 Å². The molecule has 2 N–H and O–H groups in total. The zero-order chi connectivity index (χ0) is 14.4. The maximum atomic E-state index is 10.8. The van der Waals surface area contributed by atoms with Gasteiger partial charge in [0.25, 0.3) is 5.69 Å². The minimum Gasteiger partial charge on any atom is -0.396 e. The van der Waals surface area contributed by atoms with Crippen molar-refractivity contribution in [3.8, 4) is 0 Å². The van der Waals surface area contributed by atoms with Crippen LogP contribution in [0.5, 0.6) is 0 Å². The van der Waals surface area contributed by atoms with Gasteiger partial charge in [-0.2, -0.15) is 0 Å². The Balaban J connectivity index is 2.94. The summed E-state index contributed by atoms with van der Waals surface area (Å²) in [6, 6.07) is 2.87. The first-order chi connectivity index (χ1) is 8.99. The van der Waals surface area contributed by atoms with E-state index in [0.717, 1.165) is 5.56 Å². The summed E-state index contributed by atoms with van der Waals surface area (Å²) in [6.45, 7) is 2.21. The summed E-state index contributed by atoms with van der Waals surface area (Å²) in [6.07, 6.45) is 0.516. The number of anilines is 1. The molecular formula is C12H17ClN2O4. The molecule has 7 heteroatoms. The van der Waals surface area contributed by atoms with Crippen LogP contribution in [0.15, 0.2) is 12.1 Å². The van der Waals surface area contributed by atoms with E-state index in [0.29, 0.717) is 18.7 Å². The van der Waals surface area contributed by atoms with Gasteiger partial charge in [0.2, 0.25) is 0 Å². The van der Waals surface area contributed by atoms with Crippen LogP contribution in [0.2, 0.25) is 5.02 Å². The molecule has 0 amide bonds. The van der Waals surface area contributed by atoms with Crippen LogP contribution in [0.4, 0.5) is 11.4 Å². The number of methoxy groups -OCH3 is 1. The SMILES string of the molecule is COCC(CCO)Nc1cc(Cl)c([N+](=O)[O-])cc1C. The highest BCUT2D eigenvalue weighted by Gasteiger charge is 2.16. The standard InChI is InChI=1S/C12H17ClN2O4/c1-8-5-12(15(17)18)10(13)6-11(8)14-9(3-4-16)7-19-2/h5-6,9,14,16H,3-4,7H2,1-2H3. The highest BCUT2D eigenvalue weighted by atomic mass is 35.5. The van der Waals surface area contributed by atoms with Crippen molar-refractivity contribution in [2.24, 2.45) is 0 Å². The Labute approximate surface area is 116 Å². The Hall–Kier alpha value is -1.37. The molecule has 0 saturated carbocycles. The van der Waals surface area contributed by atoms with E-state index >= 15 is 0 Å². The fourth-order valence-electron chi connectivity index (χ4n) is 1.74. The number of nitro benzene ring substituents is 1. The lowest BCUT2D eigenvalue weighted by Crippen LogP contribution is -2.26. The number of rotatable bonds is 7. The Morgan fingerprint density at radius 2 is 2.26 bits per heavy atom. The van der Waals surface area contributed by atoms with Crippen LogP contribution in [0.25, 0.3) is 0 Å². The minimum absolute atomic E-state index is 0.0286. The van der Waals surface area contributed by atoms with Crippen molar-refractivity contribution in [2.75, 3.05) is 25.6 Å². The summed E-state index contributed by atoms with van der Waals surface area (Å²) in [5.41, 5.74) is 1.30.